The van der Waals surface area contributed by atoms with Gasteiger partial charge in [0.05, 0.1) is 0 Å². The largest absolute Gasteiger partial charge is 0.377 e. The SMILES string of the molecule is O=[N+]([O-])c1ncccc1Sc1cc(F)cc(F)c1. The molecule has 1 heterocycles. The van der Waals surface area contributed by atoms with Gasteiger partial charge in [0.2, 0.25) is 0 Å². The number of pyridine rings is 1. The zero-order chi connectivity index (χ0) is 13.1. The second kappa shape index (κ2) is 5.09. The zero-order valence-electron chi connectivity index (χ0n) is 8.84. The first kappa shape index (κ1) is 12.4. The average molecular weight is 268 g/mol. The second-order valence-corrected chi connectivity index (χ2v) is 4.40. The molecular weight excluding hydrogens is 262 g/mol. The van der Waals surface area contributed by atoms with E-state index in [0.29, 0.717) is 0 Å². The summed E-state index contributed by atoms with van der Waals surface area (Å²) in [6, 6.07) is 5.93. The molecule has 0 saturated carbocycles. The molecule has 0 unspecified atom stereocenters. The number of nitro groups is 1. The number of hydrogen-bond donors (Lipinski definition) is 0. The van der Waals surface area contributed by atoms with Crippen LogP contribution in [0.15, 0.2) is 46.3 Å². The summed E-state index contributed by atoms with van der Waals surface area (Å²) in [5, 5.41) is 10.7. The Morgan fingerprint density at radius 3 is 2.50 bits per heavy atom. The molecule has 0 atom stereocenters. The van der Waals surface area contributed by atoms with E-state index in [4.69, 9.17) is 0 Å². The van der Waals surface area contributed by atoms with Crippen molar-refractivity contribution in [3.63, 3.8) is 0 Å². The quantitative estimate of drug-likeness (QED) is 0.632. The van der Waals surface area contributed by atoms with Gasteiger partial charge in [-0.3, -0.25) is 0 Å². The van der Waals surface area contributed by atoms with Gasteiger partial charge in [0.15, 0.2) is 0 Å². The Bertz CT molecular complexity index is 587. The Morgan fingerprint density at radius 1 is 1.22 bits per heavy atom. The molecule has 18 heavy (non-hydrogen) atoms. The van der Waals surface area contributed by atoms with E-state index in [2.05, 4.69) is 4.98 Å². The monoisotopic (exact) mass is 268 g/mol. The summed E-state index contributed by atoms with van der Waals surface area (Å²) < 4.78 is 26.0. The number of halogens is 2. The fourth-order valence-corrected chi connectivity index (χ4v) is 2.28. The number of aromatic nitrogens is 1. The zero-order valence-corrected chi connectivity index (χ0v) is 9.66. The molecule has 0 aliphatic heterocycles. The summed E-state index contributed by atoms with van der Waals surface area (Å²) in [7, 11) is 0. The van der Waals surface area contributed by atoms with Gasteiger partial charge >= 0.3 is 5.82 Å². The van der Waals surface area contributed by atoms with Gasteiger partial charge in [-0.15, -0.1) is 0 Å². The van der Waals surface area contributed by atoms with Crippen LogP contribution in [-0.4, -0.2) is 9.91 Å². The minimum atomic E-state index is -0.732. The first-order valence-corrected chi connectivity index (χ1v) is 5.61. The van der Waals surface area contributed by atoms with Crippen molar-refractivity contribution in [1.82, 2.24) is 4.98 Å². The molecule has 0 saturated heterocycles. The molecule has 2 rings (SSSR count). The Morgan fingerprint density at radius 2 is 1.89 bits per heavy atom. The van der Waals surface area contributed by atoms with Crippen molar-refractivity contribution in [2.24, 2.45) is 0 Å². The minimum absolute atomic E-state index is 0.229. The van der Waals surface area contributed by atoms with E-state index in [1.165, 1.54) is 18.3 Å². The fraction of sp³-hybridized carbons (Fsp3) is 0. The van der Waals surface area contributed by atoms with Gasteiger partial charge in [-0.1, -0.05) is 11.8 Å². The second-order valence-electron chi connectivity index (χ2n) is 3.29. The van der Waals surface area contributed by atoms with Crippen molar-refractivity contribution in [3.8, 4) is 0 Å². The summed E-state index contributed by atoms with van der Waals surface area (Å²) in [5.41, 5.74) is 0. The lowest BCUT2D eigenvalue weighted by Crippen LogP contribution is -1.93. The third-order valence-corrected chi connectivity index (χ3v) is 3.00. The average Bonchev–Trinajstić information content (AvgIpc) is 2.27. The molecule has 2 aromatic rings. The highest BCUT2D eigenvalue weighted by Crippen LogP contribution is 2.33. The predicted molar refractivity (Wildman–Crippen MR) is 61.4 cm³/mol. The van der Waals surface area contributed by atoms with Crippen LogP contribution in [0.1, 0.15) is 0 Å². The van der Waals surface area contributed by atoms with Crippen molar-refractivity contribution in [2.45, 2.75) is 9.79 Å². The minimum Gasteiger partial charge on any atom is -0.358 e. The van der Waals surface area contributed by atoms with E-state index in [1.807, 2.05) is 0 Å². The molecule has 0 fully saturated rings. The molecular formula is C11H6F2N2O2S. The Labute approximate surface area is 105 Å². The normalized spacial score (nSPS) is 10.3. The van der Waals surface area contributed by atoms with Crippen molar-refractivity contribution < 1.29 is 13.7 Å². The lowest BCUT2D eigenvalue weighted by Gasteiger charge is -2.02. The topological polar surface area (TPSA) is 56.0 Å². The van der Waals surface area contributed by atoms with Crippen molar-refractivity contribution in [3.05, 3.63) is 58.3 Å². The molecule has 1 aromatic carbocycles. The Kier molecular flexibility index (Phi) is 3.52. The summed E-state index contributed by atoms with van der Waals surface area (Å²) in [6.07, 6.45) is 1.29. The summed E-state index contributed by atoms with van der Waals surface area (Å²) >= 11 is 0.887. The van der Waals surface area contributed by atoms with Crippen LogP contribution in [0.3, 0.4) is 0 Å². The first-order valence-electron chi connectivity index (χ1n) is 4.79. The lowest BCUT2D eigenvalue weighted by molar-refractivity contribution is -0.392. The third kappa shape index (κ3) is 2.80. The van der Waals surface area contributed by atoms with E-state index < -0.39 is 16.6 Å². The standard InChI is InChI=1S/C11H6F2N2O2S/c12-7-4-8(13)6-9(5-7)18-10-2-1-3-14-11(10)15(16)17/h1-6H. The molecule has 0 bridgehead atoms. The van der Waals surface area contributed by atoms with Gasteiger partial charge < -0.3 is 10.1 Å². The molecule has 1 aromatic heterocycles. The highest BCUT2D eigenvalue weighted by molar-refractivity contribution is 7.99. The number of benzene rings is 1. The molecule has 92 valence electrons. The Hall–Kier alpha value is -2.02. The van der Waals surface area contributed by atoms with E-state index in [-0.39, 0.29) is 15.6 Å². The van der Waals surface area contributed by atoms with Crippen molar-refractivity contribution in [1.29, 1.82) is 0 Å². The van der Waals surface area contributed by atoms with Crippen molar-refractivity contribution >= 4 is 17.6 Å². The lowest BCUT2D eigenvalue weighted by atomic mass is 10.3. The first-order chi connectivity index (χ1) is 8.56. The molecule has 0 aliphatic rings. The van der Waals surface area contributed by atoms with Crippen LogP contribution in [-0.2, 0) is 0 Å². The van der Waals surface area contributed by atoms with Gasteiger partial charge in [-0.25, -0.2) is 8.78 Å². The van der Waals surface area contributed by atoms with E-state index in [0.717, 1.165) is 30.0 Å². The van der Waals surface area contributed by atoms with Gasteiger partial charge in [0.25, 0.3) is 0 Å². The van der Waals surface area contributed by atoms with Gasteiger partial charge in [0, 0.05) is 11.0 Å². The summed E-state index contributed by atoms with van der Waals surface area (Å²) in [6.45, 7) is 0. The maximum absolute atomic E-state index is 13.0. The molecule has 4 nitrogen and oxygen atoms in total. The molecule has 0 N–H and O–H groups in total. The molecule has 0 spiro atoms. The summed E-state index contributed by atoms with van der Waals surface area (Å²) in [5.74, 6) is -1.81. The van der Waals surface area contributed by atoms with Crippen LogP contribution in [0.2, 0.25) is 0 Å². The van der Waals surface area contributed by atoms with E-state index >= 15 is 0 Å². The maximum atomic E-state index is 13.0. The Balaban J connectivity index is 2.37. The fourth-order valence-electron chi connectivity index (χ4n) is 1.31. The highest BCUT2D eigenvalue weighted by atomic mass is 32.2. The van der Waals surface area contributed by atoms with Crippen molar-refractivity contribution in [2.75, 3.05) is 0 Å². The highest BCUT2D eigenvalue weighted by Gasteiger charge is 2.15. The molecule has 0 radical (unpaired) electrons. The maximum Gasteiger partial charge on any atom is 0.377 e. The van der Waals surface area contributed by atoms with Gasteiger partial charge in [-0.2, -0.15) is 0 Å². The van der Waals surface area contributed by atoms with Gasteiger partial charge in [0.1, 0.15) is 22.7 Å². The molecule has 7 heteroatoms. The number of nitrogens with zero attached hydrogens (tertiary/aromatic N) is 2. The smallest absolute Gasteiger partial charge is 0.358 e. The van der Waals surface area contributed by atoms with E-state index in [9.17, 15) is 18.9 Å². The van der Waals surface area contributed by atoms with Crippen LogP contribution in [0.25, 0.3) is 0 Å². The van der Waals surface area contributed by atoms with Crippen LogP contribution in [0, 0.1) is 21.7 Å². The molecule has 0 aliphatic carbocycles. The van der Waals surface area contributed by atoms with Crippen LogP contribution in [0.5, 0.6) is 0 Å². The number of rotatable bonds is 3. The predicted octanol–water partition coefficient (Wildman–Crippen LogP) is 3.42. The third-order valence-electron chi connectivity index (χ3n) is 1.99. The van der Waals surface area contributed by atoms with Crippen LogP contribution >= 0.6 is 11.8 Å². The van der Waals surface area contributed by atoms with Crippen LogP contribution < -0.4 is 0 Å². The van der Waals surface area contributed by atoms with Gasteiger partial charge in [-0.05, 0) is 34.2 Å². The number of hydrogen-bond acceptors (Lipinski definition) is 4. The van der Waals surface area contributed by atoms with E-state index in [1.54, 1.807) is 0 Å². The summed E-state index contributed by atoms with van der Waals surface area (Å²) in [4.78, 5) is 14.2. The molecule has 0 amide bonds. The van der Waals surface area contributed by atoms with Crippen LogP contribution in [0.4, 0.5) is 14.6 Å².